The van der Waals surface area contributed by atoms with Gasteiger partial charge in [0, 0.05) is 47.9 Å². The maximum Gasteiger partial charge on any atom is 0.252 e. The zero-order chi connectivity index (χ0) is 23.5. The van der Waals surface area contributed by atoms with Crippen LogP contribution >= 0.6 is 0 Å². The number of nitrogens with zero attached hydrogens (tertiary/aromatic N) is 1. The summed E-state index contributed by atoms with van der Waals surface area (Å²) in [7, 11) is 2.05. The third kappa shape index (κ3) is 4.32. The van der Waals surface area contributed by atoms with Crippen molar-refractivity contribution >= 4 is 22.7 Å². The van der Waals surface area contributed by atoms with Crippen LogP contribution in [0.4, 0.5) is 0 Å². The van der Waals surface area contributed by atoms with Gasteiger partial charge in [0.25, 0.3) is 5.91 Å². The fraction of sp³-hybridized carbons (Fsp3) is 0.214. The Kier molecular flexibility index (Phi) is 6.14. The second kappa shape index (κ2) is 9.53. The van der Waals surface area contributed by atoms with Crippen molar-refractivity contribution in [1.82, 2.24) is 20.5 Å². The molecule has 0 aliphatic carbocycles. The molecule has 4 aromatic rings. The van der Waals surface area contributed by atoms with Crippen molar-refractivity contribution in [2.24, 2.45) is 0 Å². The maximum absolute atomic E-state index is 13.6. The Morgan fingerprint density at radius 1 is 0.941 bits per heavy atom. The van der Waals surface area contributed by atoms with Gasteiger partial charge in [-0.15, -0.1) is 0 Å². The second-order valence-corrected chi connectivity index (χ2v) is 8.82. The first-order valence-corrected chi connectivity index (χ1v) is 11.6. The van der Waals surface area contributed by atoms with E-state index < -0.39 is 12.0 Å². The first-order valence-electron chi connectivity index (χ1n) is 11.6. The highest BCUT2D eigenvalue weighted by Crippen LogP contribution is 2.39. The van der Waals surface area contributed by atoms with E-state index in [1.807, 2.05) is 73.9 Å². The number of carbonyl (C=O) groups excluding carboxylic acids is 2. The summed E-state index contributed by atoms with van der Waals surface area (Å²) in [4.78, 5) is 31.9. The van der Waals surface area contributed by atoms with Crippen LogP contribution in [0.15, 0.2) is 85.1 Å². The lowest BCUT2D eigenvalue weighted by Gasteiger charge is -2.33. The Bertz CT molecular complexity index is 1310. The van der Waals surface area contributed by atoms with Crippen molar-refractivity contribution in [3.8, 4) is 0 Å². The average Bonchev–Trinajstić information content (AvgIpc) is 3.28. The molecule has 0 spiro atoms. The highest BCUT2D eigenvalue weighted by Gasteiger charge is 2.39. The summed E-state index contributed by atoms with van der Waals surface area (Å²) >= 11 is 0. The zero-order valence-electron chi connectivity index (χ0n) is 19.1. The molecule has 34 heavy (non-hydrogen) atoms. The molecule has 1 aliphatic heterocycles. The van der Waals surface area contributed by atoms with Gasteiger partial charge < -0.3 is 20.5 Å². The average molecular weight is 453 g/mol. The van der Waals surface area contributed by atoms with Gasteiger partial charge in [-0.25, -0.2) is 0 Å². The molecule has 0 saturated heterocycles. The van der Waals surface area contributed by atoms with Crippen LogP contribution in [-0.2, 0) is 11.3 Å². The van der Waals surface area contributed by atoms with E-state index in [1.165, 1.54) is 5.56 Å². The van der Waals surface area contributed by atoms with E-state index in [2.05, 4.69) is 32.7 Å². The number of likely N-dealkylation sites (N-methyl/N-ethyl adjacent to an activating group) is 1. The number of fused-ring (bicyclic) bond motifs is 2. The third-order valence-corrected chi connectivity index (χ3v) is 6.49. The number of benzene rings is 3. The summed E-state index contributed by atoms with van der Waals surface area (Å²) < 4.78 is 0. The van der Waals surface area contributed by atoms with Crippen molar-refractivity contribution in [3.05, 3.63) is 107 Å². The fourth-order valence-corrected chi connectivity index (χ4v) is 4.81. The number of rotatable bonds is 7. The van der Waals surface area contributed by atoms with E-state index in [4.69, 9.17) is 0 Å². The molecule has 3 N–H and O–H groups in total. The molecule has 0 fully saturated rings. The SMILES string of the molecule is CN(CCNC(=O)C1c2ccccc2C(=O)NC1c1c[nH]c2ccccc12)Cc1ccccc1. The molecule has 1 aliphatic rings. The summed E-state index contributed by atoms with van der Waals surface area (Å²) in [6.45, 7) is 2.06. The molecule has 172 valence electrons. The van der Waals surface area contributed by atoms with Crippen LogP contribution in [0.2, 0.25) is 0 Å². The Hall–Kier alpha value is -3.90. The quantitative estimate of drug-likeness (QED) is 0.397. The first kappa shape index (κ1) is 21.9. The summed E-state index contributed by atoms with van der Waals surface area (Å²) in [6, 6.07) is 25.1. The van der Waals surface area contributed by atoms with Gasteiger partial charge in [-0.1, -0.05) is 66.7 Å². The zero-order valence-corrected chi connectivity index (χ0v) is 19.1. The minimum absolute atomic E-state index is 0.0872. The summed E-state index contributed by atoms with van der Waals surface area (Å²) in [5.74, 6) is -0.763. The molecule has 0 saturated carbocycles. The lowest BCUT2D eigenvalue weighted by molar-refractivity contribution is -0.123. The molecule has 3 aromatic carbocycles. The van der Waals surface area contributed by atoms with E-state index in [1.54, 1.807) is 6.07 Å². The predicted octanol–water partition coefficient (Wildman–Crippen LogP) is 3.98. The lowest BCUT2D eigenvalue weighted by atomic mass is 9.80. The number of hydrogen-bond donors (Lipinski definition) is 3. The number of H-pyrrole nitrogens is 1. The Labute approximate surface area is 199 Å². The topological polar surface area (TPSA) is 77.2 Å². The highest BCUT2D eigenvalue weighted by molar-refractivity contribution is 6.02. The van der Waals surface area contributed by atoms with E-state index in [0.29, 0.717) is 12.1 Å². The summed E-state index contributed by atoms with van der Waals surface area (Å²) in [6.07, 6.45) is 1.90. The Balaban J connectivity index is 1.37. The number of para-hydroxylation sites is 1. The van der Waals surface area contributed by atoms with Crippen molar-refractivity contribution in [3.63, 3.8) is 0 Å². The first-order chi connectivity index (χ1) is 16.6. The van der Waals surface area contributed by atoms with E-state index in [-0.39, 0.29) is 11.8 Å². The largest absolute Gasteiger partial charge is 0.361 e. The van der Waals surface area contributed by atoms with Gasteiger partial charge in [0.15, 0.2) is 0 Å². The van der Waals surface area contributed by atoms with Gasteiger partial charge in [-0.05, 0) is 30.3 Å². The number of carbonyl (C=O) groups is 2. The van der Waals surface area contributed by atoms with Gasteiger partial charge in [0.1, 0.15) is 0 Å². The number of nitrogens with one attached hydrogen (secondary N) is 3. The Morgan fingerprint density at radius 2 is 1.68 bits per heavy atom. The molecule has 2 unspecified atom stereocenters. The number of hydrogen-bond acceptors (Lipinski definition) is 3. The molecule has 2 heterocycles. The molecule has 5 rings (SSSR count). The molecule has 6 heteroatoms. The van der Waals surface area contributed by atoms with Crippen LogP contribution in [0.1, 0.15) is 39.0 Å². The van der Waals surface area contributed by atoms with Crippen molar-refractivity contribution in [1.29, 1.82) is 0 Å². The van der Waals surface area contributed by atoms with Gasteiger partial charge in [0.05, 0.1) is 12.0 Å². The number of aromatic amines is 1. The van der Waals surface area contributed by atoms with Crippen molar-refractivity contribution < 1.29 is 9.59 Å². The fourth-order valence-electron chi connectivity index (χ4n) is 4.81. The normalized spacial score (nSPS) is 17.4. The lowest BCUT2D eigenvalue weighted by Crippen LogP contribution is -2.45. The Morgan fingerprint density at radius 3 is 2.53 bits per heavy atom. The number of aromatic nitrogens is 1. The summed E-state index contributed by atoms with van der Waals surface area (Å²) in [5, 5.41) is 7.23. The van der Waals surface area contributed by atoms with Crippen LogP contribution in [0.3, 0.4) is 0 Å². The van der Waals surface area contributed by atoms with Crippen LogP contribution in [0.5, 0.6) is 0 Å². The third-order valence-electron chi connectivity index (χ3n) is 6.49. The molecule has 1 aromatic heterocycles. The van der Waals surface area contributed by atoms with Crippen LogP contribution < -0.4 is 10.6 Å². The second-order valence-electron chi connectivity index (χ2n) is 8.82. The van der Waals surface area contributed by atoms with Gasteiger partial charge in [-0.3, -0.25) is 9.59 Å². The van der Waals surface area contributed by atoms with Gasteiger partial charge >= 0.3 is 0 Å². The maximum atomic E-state index is 13.6. The molecule has 6 nitrogen and oxygen atoms in total. The minimum atomic E-state index is -0.521. The molecule has 2 atom stereocenters. The summed E-state index contributed by atoms with van der Waals surface area (Å²) in [5.41, 5.74) is 4.45. The molecule has 2 amide bonds. The van der Waals surface area contributed by atoms with E-state index in [0.717, 1.165) is 35.1 Å². The van der Waals surface area contributed by atoms with Crippen LogP contribution in [0.25, 0.3) is 10.9 Å². The number of amides is 2. The van der Waals surface area contributed by atoms with E-state index >= 15 is 0 Å². The van der Waals surface area contributed by atoms with Crippen molar-refractivity contribution in [2.45, 2.75) is 18.5 Å². The standard InChI is InChI=1S/C28H28N4O2/c1-32(18-19-9-3-2-4-10-19)16-15-29-28(34)25-21-12-5-6-13-22(21)27(33)31-26(25)23-17-30-24-14-8-7-11-20(23)24/h2-14,17,25-26,30H,15-16,18H2,1H3,(H,29,34)(H,31,33). The van der Waals surface area contributed by atoms with Crippen molar-refractivity contribution in [2.75, 3.05) is 20.1 Å². The molecule has 0 bridgehead atoms. The van der Waals surface area contributed by atoms with E-state index in [9.17, 15) is 9.59 Å². The molecular weight excluding hydrogens is 424 g/mol. The van der Waals surface area contributed by atoms with Gasteiger partial charge in [-0.2, -0.15) is 0 Å². The predicted molar refractivity (Wildman–Crippen MR) is 133 cm³/mol. The van der Waals surface area contributed by atoms with Gasteiger partial charge in [0.2, 0.25) is 5.91 Å². The highest BCUT2D eigenvalue weighted by atomic mass is 16.2. The molecular formula is C28H28N4O2. The van der Waals surface area contributed by atoms with Crippen LogP contribution in [0, 0.1) is 0 Å². The smallest absolute Gasteiger partial charge is 0.252 e. The monoisotopic (exact) mass is 452 g/mol. The molecule has 0 radical (unpaired) electrons. The minimum Gasteiger partial charge on any atom is -0.361 e. The van der Waals surface area contributed by atoms with Crippen LogP contribution in [-0.4, -0.2) is 41.8 Å².